The lowest BCUT2D eigenvalue weighted by molar-refractivity contribution is -0.128. The van der Waals surface area contributed by atoms with Crippen LogP contribution in [0, 0.1) is 23.7 Å². The van der Waals surface area contributed by atoms with E-state index in [9.17, 15) is 4.79 Å². The van der Waals surface area contributed by atoms with Crippen molar-refractivity contribution in [1.29, 1.82) is 0 Å². The van der Waals surface area contributed by atoms with Gasteiger partial charge in [-0.2, -0.15) is 0 Å². The second kappa shape index (κ2) is 6.05. The van der Waals surface area contributed by atoms with E-state index >= 15 is 0 Å². The van der Waals surface area contributed by atoms with E-state index in [0.717, 1.165) is 12.8 Å². The van der Waals surface area contributed by atoms with E-state index in [2.05, 4.69) is 12.2 Å². The van der Waals surface area contributed by atoms with Crippen LogP contribution in [0.2, 0.25) is 0 Å². The normalized spacial score (nSPS) is 39.5. The molecule has 3 atom stereocenters. The highest BCUT2D eigenvalue weighted by molar-refractivity contribution is 5.79. The topological polar surface area (TPSA) is 55.1 Å². The molecular formula is C17H30N2O. The molecule has 3 nitrogen and oxygen atoms in total. The van der Waals surface area contributed by atoms with Crippen LogP contribution in [-0.4, -0.2) is 18.0 Å². The molecule has 3 unspecified atom stereocenters. The summed E-state index contributed by atoms with van der Waals surface area (Å²) in [7, 11) is 0. The summed E-state index contributed by atoms with van der Waals surface area (Å²) in [5.74, 6) is 2.45. The maximum absolute atomic E-state index is 12.6. The molecule has 114 valence electrons. The molecule has 0 heterocycles. The molecule has 3 aliphatic carbocycles. The first-order chi connectivity index (χ1) is 9.65. The van der Waals surface area contributed by atoms with Crippen molar-refractivity contribution >= 4 is 5.91 Å². The van der Waals surface area contributed by atoms with Crippen LogP contribution in [0.1, 0.15) is 64.7 Å². The van der Waals surface area contributed by atoms with E-state index in [1.165, 1.54) is 44.9 Å². The molecule has 3 rings (SSSR count). The SMILES string of the molecule is CC(NC(=O)C1CC2CCCC(C1)C2N)C1CCCC1. The Kier molecular flexibility index (Phi) is 4.34. The molecule has 20 heavy (non-hydrogen) atoms. The number of fused-ring (bicyclic) bond motifs is 2. The fourth-order valence-corrected chi connectivity index (χ4v) is 4.92. The van der Waals surface area contributed by atoms with Crippen molar-refractivity contribution < 1.29 is 4.79 Å². The van der Waals surface area contributed by atoms with Gasteiger partial charge in [0.2, 0.25) is 5.91 Å². The number of nitrogens with one attached hydrogen (secondary N) is 1. The standard InChI is InChI=1S/C17H30N2O/c1-11(12-5-2-3-6-12)19-17(20)15-9-13-7-4-8-14(10-15)16(13)18/h11-16H,2-10,18H2,1H3,(H,19,20). The number of carbonyl (C=O) groups is 1. The lowest BCUT2D eigenvalue weighted by Crippen LogP contribution is -2.50. The Labute approximate surface area is 123 Å². The predicted octanol–water partition coefficient (Wildman–Crippen LogP) is 2.83. The van der Waals surface area contributed by atoms with E-state index < -0.39 is 0 Å². The van der Waals surface area contributed by atoms with Crippen molar-refractivity contribution in [3.8, 4) is 0 Å². The van der Waals surface area contributed by atoms with Crippen LogP contribution in [0.4, 0.5) is 0 Å². The highest BCUT2D eigenvalue weighted by atomic mass is 16.1. The van der Waals surface area contributed by atoms with E-state index in [-0.39, 0.29) is 5.92 Å². The molecule has 3 saturated carbocycles. The lowest BCUT2D eigenvalue weighted by atomic mass is 9.65. The second-order valence-electron chi connectivity index (χ2n) is 7.54. The van der Waals surface area contributed by atoms with Gasteiger partial charge in [0.15, 0.2) is 0 Å². The molecule has 0 aromatic rings. The third-order valence-corrected chi connectivity index (χ3v) is 6.26. The monoisotopic (exact) mass is 278 g/mol. The first-order valence-electron chi connectivity index (χ1n) is 8.71. The average Bonchev–Trinajstić information content (AvgIpc) is 2.92. The zero-order chi connectivity index (χ0) is 14.1. The fraction of sp³-hybridized carbons (Fsp3) is 0.941. The number of rotatable bonds is 3. The number of hydrogen-bond acceptors (Lipinski definition) is 2. The van der Waals surface area contributed by atoms with Crippen LogP contribution in [0.15, 0.2) is 0 Å². The smallest absolute Gasteiger partial charge is 0.223 e. The van der Waals surface area contributed by atoms with Gasteiger partial charge in [0, 0.05) is 18.0 Å². The zero-order valence-corrected chi connectivity index (χ0v) is 12.8. The Morgan fingerprint density at radius 3 is 2.25 bits per heavy atom. The number of amides is 1. The average molecular weight is 278 g/mol. The van der Waals surface area contributed by atoms with Crippen LogP contribution < -0.4 is 11.1 Å². The van der Waals surface area contributed by atoms with E-state index in [4.69, 9.17) is 5.73 Å². The second-order valence-corrected chi connectivity index (χ2v) is 7.54. The van der Waals surface area contributed by atoms with E-state index in [1.54, 1.807) is 0 Å². The van der Waals surface area contributed by atoms with Gasteiger partial charge in [-0.15, -0.1) is 0 Å². The van der Waals surface area contributed by atoms with E-state index in [1.807, 2.05) is 0 Å². The van der Waals surface area contributed by atoms with Crippen LogP contribution in [-0.2, 0) is 4.79 Å². The minimum absolute atomic E-state index is 0.231. The summed E-state index contributed by atoms with van der Waals surface area (Å²) in [5, 5.41) is 3.32. The van der Waals surface area contributed by atoms with Gasteiger partial charge in [-0.3, -0.25) is 4.79 Å². The summed E-state index contributed by atoms with van der Waals surface area (Å²) in [5.41, 5.74) is 6.32. The number of nitrogens with two attached hydrogens (primary N) is 1. The first-order valence-corrected chi connectivity index (χ1v) is 8.71. The molecule has 2 bridgehead atoms. The van der Waals surface area contributed by atoms with Crippen molar-refractivity contribution in [2.75, 3.05) is 0 Å². The number of hydrogen-bond donors (Lipinski definition) is 2. The van der Waals surface area contributed by atoms with Gasteiger partial charge in [-0.05, 0) is 63.2 Å². The molecule has 3 aliphatic rings. The summed E-state index contributed by atoms with van der Waals surface area (Å²) >= 11 is 0. The lowest BCUT2D eigenvalue weighted by Gasteiger charge is -2.43. The van der Waals surface area contributed by atoms with Gasteiger partial charge < -0.3 is 11.1 Å². The van der Waals surface area contributed by atoms with Crippen LogP contribution in [0.3, 0.4) is 0 Å². The third-order valence-electron chi connectivity index (χ3n) is 6.26. The molecular weight excluding hydrogens is 248 g/mol. The van der Waals surface area contributed by atoms with Crippen molar-refractivity contribution in [3.05, 3.63) is 0 Å². The van der Waals surface area contributed by atoms with Crippen LogP contribution in [0.25, 0.3) is 0 Å². The first kappa shape index (κ1) is 14.4. The molecule has 0 aromatic heterocycles. The largest absolute Gasteiger partial charge is 0.353 e. The van der Waals surface area contributed by atoms with Gasteiger partial charge in [0.25, 0.3) is 0 Å². The third kappa shape index (κ3) is 2.88. The van der Waals surface area contributed by atoms with Gasteiger partial charge in [-0.25, -0.2) is 0 Å². The quantitative estimate of drug-likeness (QED) is 0.834. The zero-order valence-electron chi connectivity index (χ0n) is 12.8. The maximum Gasteiger partial charge on any atom is 0.223 e. The molecule has 0 spiro atoms. The predicted molar refractivity (Wildman–Crippen MR) is 81.1 cm³/mol. The van der Waals surface area contributed by atoms with E-state index in [0.29, 0.717) is 35.7 Å². The molecule has 3 N–H and O–H groups in total. The van der Waals surface area contributed by atoms with Crippen molar-refractivity contribution in [2.45, 2.75) is 76.8 Å². The van der Waals surface area contributed by atoms with Gasteiger partial charge in [-0.1, -0.05) is 19.3 Å². The molecule has 3 heteroatoms. The molecule has 0 aromatic carbocycles. The minimum atomic E-state index is 0.231. The summed E-state index contributed by atoms with van der Waals surface area (Å²) in [4.78, 5) is 12.6. The summed E-state index contributed by atoms with van der Waals surface area (Å²) in [6.07, 6.45) is 11.1. The molecule has 0 saturated heterocycles. The summed E-state index contributed by atoms with van der Waals surface area (Å²) in [6, 6.07) is 0.723. The van der Waals surface area contributed by atoms with Crippen LogP contribution >= 0.6 is 0 Å². The fourth-order valence-electron chi connectivity index (χ4n) is 4.92. The van der Waals surface area contributed by atoms with Crippen molar-refractivity contribution in [3.63, 3.8) is 0 Å². The van der Waals surface area contributed by atoms with Gasteiger partial charge in [0.1, 0.15) is 0 Å². The Bertz CT molecular complexity index is 337. The Morgan fingerprint density at radius 1 is 1.05 bits per heavy atom. The Morgan fingerprint density at radius 2 is 1.65 bits per heavy atom. The maximum atomic E-state index is 12.6. The molecule has 0 aliphatic heterocycles. The van der Waals surface area contributed by atoms with Gasteiger partial charge >= 0.3 is 0 Å². The van der Waals surface area contributed by atoms with Crippen LogP contribution in [0.5, 0.6) is 0 Å². The summed E-state index contributed by atoms with van der Waals surface area (Å²) < 4.78 is 0. The Hall–Kier alpha value is -0.570. The minimum Gasteiger partial charge on any atom is -0.353 e. The molecule has 1 amide bonds. The number of carbonyl (C=O) groups excluding carboxylic acids is 1. The van der Waals surface area contributed by atoms with Crippen molar-refractivity contribution in [1.82, 2.24) is 5.32 Å². The van der Waals surface area contributed by atoms with Crippen molar-refractivity contribution in [2.24, 2.45) is 29.4 Å². The molecule has 0 radical (unpaired) electrons. The highest BCUT2D eigenvalue weighted by Gasteiger charge is 2.40. The Balaban J connectivity index is 1.54. The highest BCUT2D eigenvalue weighted by Crippen LogP contribution is 2.42. The molecule has 3 fully saturated rings. The summed E-state index contributed by atoms with van der Waals surface area (Å²) in [6.45, 7) is 2.20. The van der Waals surface area contributed by atoms with Gasteiger partial charge in [0.05, 0.1) is 0 Å².